The molecule has 0 spiro atoms. The molecule has 1 rings (SSSR count). The van der Waals surface area contributed by atoms with Gasteiger partial charge < -0.3 is 14.7 Å². The van der Waals surface area contributed by atoms with Crippen LogP contribution >= 0.6 is 0 Å². The Hall–Kier alpha value is -1.55. The van der Waals surface area contributed by atoms with Gasteiger partial charge in [0.15, 0.2) is 6.61 Å². The number of aliphatic hydroxyl groups is 1. The van der Waals surface area contributed by atoms with E-state index in [0.29, 0.717) is 11.3 Å². The average Bonchev–Trinajstić information content (AvgIpc) is 2.26. The van der Waals surface area contributed by atoms with Crippen molar-refractivity contribution in [3.8, 4) is 5.75 Å². The van der Waals surface area contributed by atoms with E-state index < -0.39 is 6.10 Å². The summed E-state index contributed by atoms with van der Waals surface area (Å²) in [5, 5.41) is 9.63. The van der Waals surface area contributed by atoms with E-state index in [-0.39, 0.29) is 12.5 Å². The minimum Gasteiger partial charge on any atom is -0.483 e. The molecule has 1 N–H and O–H groups in total. The Morgan fingerprint density at radius 3 is 2.65 bits per heavy atom. The first-order chi connectivity index (χ1) is 7.91. The minimum atomic E-state index is -0.612. The van der Waals surface area contributed by atoms with Crippen LogP contribution in [-0.2, 0) is 4.79 Å². The lowest BCUT2D eigenvalue weighted by atomic mass is 10.1. The summed E-state index contributed by atoms with van der Waals surface area (Å²) in [4.78, 5) is 12.9. The molecular weight excluding hydrogens is 218 g/mol. The SMILES string of the molecule is Cc1ccc(OCC(=O)N(C)C)c(C(C)O)c1. The zero-order valence-electron chi connectivity index (χ0n) is 10.7. The van der Waals surface area contributed by atoms with Crippen LogP contribution in [0, 0.1) is 6.92 Å². The molecule has 94 valence electrons. The third-order valence-corrected chi connectivity index (χ3v) is 2.47. The number of hydrogen-bond acceptors (Lipinski definition) is 3. The molecule has 0 saturated carbocycles. The maximum atomic E-state index is 11.4. The number of aliphatic hydroxyl groups excluding tert-OH is 1. The van der Waals surface area contributed by atoms with E-state index in [2.05, 4.69) is 0 Å². The zero-order valence-corrected chi connectivity index (χ0v) is 10.7. The monoisotopic (exact) mass is 237 g/mol. The smallest absolute Gasteiger partial charge is 0.259 e. The Morgan fingerprint density at radius 1 is 1.47 bits per heavy atom. The van der Waals surface area contributed by atoms with Crippen LogP contribution in [0.3, 0.4) is 0 Å². The summed E-state index contributed by atoms with van der Waals surface area (Å²) < 4.78 is 5.43. The van der Waals surface area contributed by atoms with Crippen LogP contribution in [0.5, 0.6) is 5.75 Å². The predicted octanol–water partition coefficient (Wildman–Crippen LogP) is 1.52. The van der Waals surface area contributed by atoms with Crippen molar-refractivity contribution in [3.05, 3.63) is 29.3 Å². The predicted molar refractivity (Wildman–Crippen MR) is 66.0 cm³/mol. The topological polar surface area (TPSA) is 49.8 Å². The number of rotatable bonds is 4. The minimum absolute atomic E-state index is 0.0181. The quantitative estimate of drug-likeness (QED) is 0.863. The van der Waals surface area contributed by atoms with Crippen molar-refractivity contribution in [2.24, 2.45) is 0 Å². The normalized spacial score (nSPS) is 12.1. The standard InChI is InChI=1S/C13H19NO3/c1-9-5-6-12(11(7-9)10(2)15)17-8-13(16)14(3)4/h5-7,10,15H,8H2,1-4H3. The molecule has 0 heterocycles. The zero-order chi connectivity index (χ0) is 13.0. The number of amides is 1. The second-order valence-corrected chi connectivity index (χ2v) is 4.29. The van der Waals surface area contributed by atoms with Crippen molar-refractivity contribution in [3.63, 3.8) is 0 Å². The summed E-state index contributed by atoms with van der Waals surface area (Å²) in [5.74, 6) is 0.447. The van der Waals surface area contributed by atoms with E-state index in [9.17, 15) is 9.90 Å². The number of hydrogen-bond donors (Lipinski definition) is 1. The number of likely N-dealkylation sites (N-methyl/N-ethyl adjacent to an activating group) is 1. The third-order valence-electron chi connectivity index (χ3n) is 2.47. The molecule has 0 saturated heterocycles. The molecule has 0 bridgehead atoms. The van der Waals surface area contributed by atoms with Crippen LogP contribution in [0.2, 0.25) is 0 Å². The second-order valence-electron chi connectivity index (χ2n) is 4.29. The maximum Gasteiger partial charge on any atom is 0.259 e. The van der Waals surface area contributed by atoms with Crippen LogP contribution in [0.4, 0.5) is 0 Å². The van der Waals surface area contributed by atoms with Crippen LogP contribution < -0.4 is 4.74 Å². The molecule has 0 aromatic heterocycles. The van der Waals surface area contributed by atoms with Crippen LogP contribution in [0.15, 0.2) is 18.2 Å². The maximum absolute atomic E-state index is 11.4. The molecule has 0 aliphatic rings. The Bertz CT molecular complexity index is 400. The van der Waals surface area contributed by atoms with Gasteiger partial charge in [-0.25, -0.2) is 0 Å². The molecule has 1 aromatic rings. The van der Waals surface area contributed by atoms with Gasteiger partial charge in [0.05, 0.1) is 6.10 Å². The van der Waals surface area contributed by atoms with Crippen molar-refractivity contribution < 1.29 is 14.6 Å². The number of ether oxygens (including phenoxy) is 1. The van der Waals surface area contributed by atoms with E-state index >= 15 is 0 Å². The Kier molecular flexibility index (Phi) is 4.52. The van der Waals surface area contributed by atoms with Crippen molar-refractivity contribution in [1.29, 1.82) is 0 Å². The molecule has 17 heavy (non-hydrogen) atoms. The highest BCUT2D eigenvalue weighted by atomic mass is 16.5. The lowest BCUT2D eigenvalue weighted by molar-refractivity contribution is -0.130. The van der Waals surface area contributed by atoms with Crippen molar-refractivity contribution >= 4 is 5.91 Å². The van der Waals surface area contributed by atoms with Gasteiger partial charge in [-0.3, -0.25) is 4.79 Å². The molecule has 1 amide bonds. The van der Waals surface area contributed by atoms with Crippen molar-refractivity contribution in [2.45, 2.75) is 20.0 Å². The fourth-order valence-corrected chi connectivity index (χ4v) is 1.39. The lowest BCUT2D eigenvalue weighted by Gasteiger charge is -2.15. The first-order valence-electron chi connectivity index (χ1n) is 5.53. The number of aryl methyl sites for hydroxylation is 1. The molecule has 4 heteroatoms. The van der Waals surface area contributed by atoms with E-state index in [4.69, 9.17) is 4.74 Å². The van der Waals surface area contributed by atoms with Gasteiger partial charge in [-0.05, 0) is 26.0 Å². The van der Waals surface area contributed by atoms with Gasteiger partial charge >= 0.3 is 0 Å². The highest BCUT2D eigenvalue weighted by Gasteiger charge is 2.11. The van der Waals surface area contributed by atoms with Gasteiger partial charge in [-0.2, -0.15) is 0 Å². The van der Waals surface area contributed by atoms with Crippen LogP contribution in [-0.4, -0.2) is 36.6 Å². The van der Waals surface area contributed by atoms with E-state index in [1.165, 1.54) is 4.90 Å². The number of nitrogens with zero attached hydrogens (tertiary/aromatic N) is 1. The summed E-state index contributed by atoms with van der Waals surface area (Å²) in [7, 11) is 3.35. The Labute approximate surface area is 102 Å². The van der Waals surface area contributed by atoms with Crippen LogP contribution in [0.1, 0.15) is 24.2 Å². The average molecular weight is 237 g/mol. The van der Waals surface area contributed by atoms with Gasteiger partial charge in [0.25, 0.3) is 5.91 Å². The number of benzene rings is 1. The van der Waals surface area contributed by atoms with Gasteiger partial charge in [0.1, 0.15) is 5.75 Å². The Balaban J connectivity index is 2.80. The first-order valence-corrected chi connectivity index (χ1v) is 5.53. The van der Waals surface area contributed by atoms with Gasteiger partial charge in [0, 0.05) is 19.7 Å². The summed E-state index contributed by atoms with van der Waals surface area (Å²) in [6, 6.07) is 5.53. The molecule has 4 nitrogen and oxygen atoms in total. The molecule has 1 atom stereocenters. The molecule has 0 fully saturated rings. The third kappa shape index (κ3) is 3.75. The van der Waals surface area contributed by atoms with E-state index in [0.717, 1.165) is 5.56 Å². The van der Waals surface area contributed by atoms with Gasteiger partial charge in [-0.1, -0.05) is 11.6 Å². The second kappa shape index (κ2) is 5.68. The molecule has 0 aliphatic carbocycles. The lowest BCUT2D eigenvalue weighted by Crippen LogP contribution is -2.27. The van der Waals surface area contributed by atoms with E-state index in [1.807, 2.05) is 19.1 Å². The fourth-order valence-electron chi connectivity index (χ4n) is 1.39. The Morgan fingerprint density at radius 2 is 2.12 bits per heavy atom. The summed E-state index contributed by atoms with van der Waals surface area (Å²) in [5.41, 5.74) is 1.75. The van der Waals surface area contributed by atoms with Crippen molar-refractivity contribution in [1.82, 2.24) is 4.90 Å². The molecule has 0 aliphatic heterocycles. The molecule has 1 unspecified atom stereocenters. The highest BCUT2D eigenvalue weighted by molar-refractivity contribution is 5.77. The highest BCUT2D eigenvalue weighted by Crippen LogP contribution is 2.26. The number of carbonyl (C=O) groups excluding carboxylic acids is 1. The summed E-state index contributed by atoms with van der Waals surface area (Å²) in [6.45, 7) is 3.60. The van der Waals surface area contributed by atoms with Crippen LogP contribution in [0.25, 0.3) is 0 Å². The largest absolute Gasteiger partial charge is 0.483 e. The number of carbonyl (C=O) groups is 1. The van der Waals surface area contributed by atoms with Gasteiger partial charge in [-0.15, -0.1) is 0 Å². The molecule has 1 aromatic carbocycles. The fraction of sp³-hybridized carbons (Fsp3) is 0.462. The summed E-state index contributed by atoms with van der Waals surface area (Å²) in [6.07, 6.45) is -0.612. The van der Waals surface area contributed by atoms with E-state index in [1.54, 1.807) is 27.1 Å². The van der Waals surface area contributed by atoms with Crippen molar-refractivity contribution in [2.75, 3.05) is 20.7 Å². The molecular formula is C13H19NO3. The summed E-state index contributed by atoms with van der Waals surface area (Å²) >= 11 is 0. The first kappa shape index (κ1) is 13.5. The molecule has 0 radical (unpaired) electrons. The van der Waals surface area contributed by atoms with Gasteiger partial charge in [0.2, 0.25) is 0 Å².